The number of amidine groups is 1. The van der Waals surface area contributed by atoms with Gasteiger partial charge in [-0.05, 0) is 53.9 Å². The molecule has 5 N–H and O–H groups in total. The highest BCUT2D eigenvalue weighted by atomic mass is 32.2. The average Bonchev–Trinajstić information content (AvgIpc) is 3.14. The summed E-state index contributed by atoms with van der Waals surface area (Å²) in [5.41, 5.74) is 7.97. The molecular weight excluding hydrogens is 717 g/mol. The number of carboxylic acids is 1. The number of carbonyl (C=O) groups excluding carboxylic acids is 1. The topological polar surface area (TPSA) is 181 Å². The summed E-state index contributed by atoms with van der Waals surface area (Å²) in [5, 5.41) is 14.8. The molecule has 0 saturated carbocycles. The first-order chi connectivity index (χ1) is 25.2. The number of nitrogens with zero attached hydrogens (tertiary/aromatic N) is 1. The van der Waals surface area contributed by atoms with Gasteiger partial charge in [-0.15, -0.1) is 0 Å². The van der Waals surface area contributed by atoms with Crippen LogP contribution in [0.1, 0.15) is 29.5 Å². The van der Waals surface area contributed by atoms with Gasteiger partial charge in [-0.3, -0.25) is 5.41 Å². The molecule has 1 atom stereocenters. The lowest BCUT2D eigenvalue weighted by Crippen LogP contribution is -2.42. The van der Waals surface area contributed by atoms with Crippen LogP contribution in [-0.2, 0) is 32.6 Å². The van der Waals surface area contributed by atoms with Gasteiger partial charge in [0.25, 0.3) is 0 Å². The molecule has 1 heterocycles. The van der Waals surface area contributed by atoms with Gasteiger partial charge in [0.1, 0.15) is 36.7 Å². The summed E-state index contributed by atoms with van der Waals surface area (Å²) in [7, 11) is -3.81. The van der Waals surface area contributed by atoms with Crippen molar-refractivity contribution in [3.8, 4) is 11.5 Å². The van der Waals surface area contributed by atoms with Crippen LogP contribution in [0.5, 0.6) is 11.5 Å². The Bertz CT molecular complexity index is 1910. The Balaban J connectivity index is 0.000000815. The fraction of sp³-hybridized carbons (Fsp3) is 0.270. The number of piperidine rings is 1. The number of alkyl halides is 3. The number of carboxylic acid groups (broad SMARTS) is 1. The van der Waals surface area contributed by atoms with Crippen molar-refractivity contribution in [2.45, 2.75) is 49.1 Å². The van der Waals surface area contributed by atoms with E-state index < -0.39 is 28.2 Å². The number of likely N-dealkylation sites (tertiary alicyclic amines) is 1. The predicted octanol–water partition coefficient (Wildman–Crippen LogP) is 5.75. The number of amides is 1. The molecular formula is C37H39F3N4O8S. The van der Waals surface area contributed by atoms with Crippen molar-refractivity contribution in [3.63, 3.8) is 0 Å². The van der Waals surface area contributed by atoms with Crippen LogP contribution in [0.4, 0.5) is 18.0 Å². The third kappa shape index (κ3) is 13.1. The highest BCUT2D eigenvalue weighted by Gasteiger charge is 2.38. The van der Waals surface area contributed by atoms with Crippen molar-refractivity contribution in [1.29, 1.82) is 5.41 Å². The smallest absolute Gasteiger partial charge is 0.490 e. The van der Waals surface area contributed by atoms with E-state index in [2.05, 4.69) is 4.72 Å². The molecule has 0 bridgehead atoms. The number of nitrogen functional groups attached to an aromatic ring is 1. The third-order valence-corrected chi connectivity index (χ3v) is 9.36. The lowest BCUT2D eigenvalue weighted by Gasteiger charge is -2.31. The Labute approximate surface area is 304 Å². The minimum absolute atomic E-state index is 0.0337. The number of hydrogen-bond donors (Lipinski definition) is 4. The maximum atomic E-state index is 13.2. The zero-order chi connectivity index (χ0) is 38.4. The third-order valence-electron chi connectivity index (χ3n) is 7.83. The van der Waals surface area contributed by atoms with Crippen molar-refractivity contribution in [1.82, 2.24) is 9.62 Å². The molecule has 0 unspecified atom stereocenters. The molecule has 1 aliphatic heterocycles. The number of halogens is 3. The summed E-state index contributed by atoms with van der Waals surface area (Å²) in [6.45, 7) is 1.40. The van der Waals surface area contributed by atoms with E-state index in [1.165, 1.54) is 0 Å². The first kappa shape index (κ1) is 40.2. The van der Waals surface area contributed by atoms with Gasteiger partial charge < -0.3 is 30.0 Å². The van der Waals surface area contributed by atoms with Crippen LogP contribution in [0.25, 0.3) is 0 Å². The highest BCUT2D eigenvalue weighted by Crippen LogP contribution is 2.22. The van der Waals surface area contributed by atoms with Crippen LogP contribution in [-0.4, -0.2) is 74.3 Å². The Morgan fingerprint density at radius 3 is 2.08 bits per heavy atom. The normalized spacial score (nSPS) is 13.9. The highest BCUT2D eigenvalue weighted by molar-refractivity contribution is 7.89. The average molecular weight is 757 g/mol. The van der Waals surface area contributed by atoms with E-state index in [-0.39, 0.29) is 36.1 Å². The largest absolute Gasteiger partial charge is 0.492 e. The van der Waals surface area contributed by atoms with Crippen molar-refractivity contribution >= 4 is 27.9 Å². The standard InChI is InChI=1S/C35H38N4O6S.C2HF3O2/c36-34(37)28-10-7-11-32(23-28)43-25-29(38-46(41,42)33-12-5-2-6-13-33)22-26-14-16-30(17-15-26)45-31-18-20-39(21-19-31)35(40)44-24-27-8-3-1-4-9-27;3-2(4,5)1(6)7/h1-17,23,29,31,38H,18-22,24-25H2,(H3,36,37);(H,6,7)/t29-;/m0./s1. The zero-order valence-corrected chi connectivity index (χ0v) is 29.2. The zero-order valence-electron chi connectivity index (χ0n) is 28.4. The van der Waals surface area contributed by atoms with Crippen molar-refractivity contribution in [2.75, 3.05) is 19.7 Å². The van der Waals surface area contributed by atoms with Gasteiger partial charge in [0.05, 0.1) is 10.9 Å². The number of nitrogens with two attached hydrogens (primary N) is 1. The number of nitrogens with one attached hydrogen (secondary N) is 2. The number of sulfonamides is 1. The van der Waals surface area contributed by atoms with E-state index in [1.807, 2.05) is 54.6 Å². The SMILES string of the molecule is N=C(N)c1cccc(OC[C@H](Cc2ccc(OC3CCN(C(=O)OCc4ccccc4)CC3)cc2)NS(=O)(=O)c2ccccc2)c1.O=C(O)C(F)(F)F. The number of hydrogen-bond acceptors (Lipinski definition) is 8. The number of ether oxygens (including phenoxy) is 3. The fourth-order valence-corrected chi connectivity index (χ4v) is 6.36. The first-order valence-electron chi connectivity index (χ1n) is 16.4. The lowest BCUT2D eigenvalue weighted by atomic mass is 10.1. The van der Waals surface area contributed by atoms with Crippen molar-refractivity contribution in [2.24, 2.45) is 5.73 Å². The molecule has 16 heteroatoms. The van der Waals surface area contributed by atoms with Crippen molar-refractivity contribution < 1.29 is 50.5 Å². The molecule has 4 aromatic carbocycles. The number of aliphatic carboxylic acids is 1. The Morgan fingerprint density at radius 2 is 1.49 bits per heavy atom. The summed E-state index contributed by atoms with van der Waals surface area (Å²) in [6.07, 6.45) is -3.70. The van der Waals surface area contributed by atoms with E-state index in [4.69, 9.17) is 35.3 Å². The second-order valence-electron chi connectivity index (χ2n) is 11.9. The van der Waals surface area contributed by atoms with E-state index in [0.717, 1.165) is 11.1 Å². The maximum Gasteiger partial charge on any atom is 0.490 e. The summed E-state index contributed by atoms with van der Waals surface area (Å²) in [6, 6.07) is 31.6. The summed E-state index contributed by atoms with van der Waals surface area (Å²) in [4.78, 5) is 23.3. The van der Waals surface area contributed by atoms with Gasteiger partial charge in [-0.1, -0.05) is 72.8 Å². The lowest BCUT2D eigenvalue weighted by molar-refractivity contribution is -0.192. The summed E-state index contributed by atoms with van der Waals surface area (Å²) < 4.78 is 78.5. The molecule has 1 saturated heterocycles. The number of carbonyl (C=O) groups is 2. The van der Waals surface area contributed by atoms with Crippen LogP contribution in [0.3, 0.4) is 0 Å². The molecule has 4 aromatic rings. The second kappa shape index (κ2) is 18.8. The van der Waals surface area contributed by atoms with Gasteiger partial charge in [-0.25, -0.2) is 22.7 Å². The van der Waals surface area contributed by atoms with Gasteiger partial charge in [0.15, 0.2) is 0 Å². The number of benzene rings is 4. The fourth-order valence-electron chi connectivity index (χ4n) is 5.12. The molecule has 5 rings (SSSR count). The quantitative estimate of drug-likeness (QED) is 0.0976. The summed E-state index contributed by atoms with van der Waals surface area (Å²) >= 11 is 0. The molecule has 0 aliphatic carbocycles. The molecule has 0 aromatic heterocycles. The predicted molar refractivity (Wildman–Crippen MR) is 189 cm³/mol. The molecule has 1 aliphatic rings. The Morgan fingerprint density at radius 1 is 0.887 bits per heavy atom. The molecule has 282 valence electrons. The van der Waals surface area contributed by atoms with Crippen LogP contribution < -0.4 is 19.9 Å². The first-order valence-corrected chi connectivity index (χ1v) is 17.8. The van der Waals surface area contributed by atoms with Crippen LogP contribution in [0.15, 0.2) is 114 Å². The minimum atomic E-state index is -5.08. The molecule has 53 heavy (non-hydrogen) atoms. The molecule has 0 radical (unpaired) electrons. The minimum Gasteiger partial charge on any atom is -0.492 e. The van der Waals surface area contributed by atoms with E-state index in [1.54, 1.807) is 59.5 Å². The van der Waals surface area contributed by atoms with Crippen LogP contribution in [0.2, 0.25) is 0 Å². The van der Waals surface area contributed by atoms with E-state index in [9.17, 15) is 26.4 Å². The van der Waals surface area contributed by atoms with Crippen LogP contribution in [0, 0.1) is 5.41 Å². The second-order valence-corrected chi connectivity index (χ2v) is 13.6. The van der Waals surface area contributed by atoms with Gasteiger partial charge in [0.2, 0.25) is 10.0 Å². The van der Waals surface area contributed by atoms with E-state index >= 15 is 0 Å². The maximum absolute atomic E-state index is 13.2. The van der Waals surface area contributed by atoms with Crippen LogP contribution >= 0.6 is 0 Å². The van der Waals surface area contributed by atoms with Gasteiger partial charge >= 0.3 is 18.2 Å². The van der Waals surface area contributed by atoms with Gasteiger partial charge in [0, 0.05) is 31.5 Å². The molecule has 12 nitrogen and oxygen atoms in total. The molecule has 1 fully saturated rings. The Kier molecular flexibility index (Phi) is 14.2. The Hall–Kier alpha value is -5.61. The van der Waals surface area contributed by atoms with Crippen molar-refractivity contribution in [3.05, 3.63) is 126 Å². The summed E-state index contributed by atoms with van der Waals surface area (Å²) in [5.74, 6) is -1.66. The molecule has 1 amide bonds. The van der Waals surface area contributed by atoms with Gasteiger partial charge in [-0.2, -0.15) is 13.2 Å². The monoisotopic (exact) mass is 756 g/mol. The van der Waals surface area contributed by atoms with E-state index in [0.29, 0.717) is 49.4 Å². The number of rotatable bonds is 13. The molecule has 0 spiro atoms.